The number of ether oxygens (including phenoxy) is 3. The highest BCUT2D eigenvalue weighted by Gasteiger charge is 2.47. The van der Waals surface area contributed by atoms with Crippen LogP contribution in [0.2, 0.25) is 0 Å². The summed E-state index contributed by atoms with van der Waals surface area (Å²) in [7, 11) is 0. The first-order chi connectivity index (χ1) is 17.9. The second-order valence-corrected chi connectivity index (χ2v) is 10.4. The third-order valence-corrected chi connectivity index (χ3v) is 6.89. The lowest BCUT2D eigenvalue weighted by Gasteiger charge is -2.40. The van der Waals surface area contributed by atoms with Gasteiger partial charge >= 0.3 is 5.97 Å². The van der Waals surface area contributed by atoms with E-state index in [4.69, 9.17) is 14.2 Å². The van der Waals surface area contributed by atoms with E-state index in [0.29, 0.717) is 0 Å². The third kappa shape index (κ3) is 9.14. The Balaban J connectivity index is 1.99. The first kappa shape index (κ1) is 28.6. The maximum atomic E-state index is 6.79. The van der Waals surface area contributed by atoms with Gasteiger partial charge in [0.25, 0.3) is 0 Å². The number of hydrogen-bond donors (Lipinski definition) is 0. The summed E-state index contributed by atoms with van der Waals surface area (Å²) in [6.45, 7) is 10.7. The molecule has 0 heterocycles. The molecule has 3 aromatic rings. The van der Waals surface area contributed by atoms with Crippen LogP contribution in [0, 0.1) is 26.7 Å². The number of rotatable bonds is 16. The molecule has 0 aliphatic heterocycles. The van der Waals surface area contributed by atoms with Crippen molar-refractivity contribution in [1.29, 1.82) is 0 Å². The van der Waals surface area contributed by atoms with Gasteiger partial charge in [-0.3, -0.25) is 0 Å². The Morgan fingerprint density at radius 2 is 0.865 bits per heavy atom. The minimum atomic E-state index is -1.29. The van der Waals surface area contributed by atoms with E-state index in [2.05, 4.69) is 71.0 Å². The van der Waals surface area contributed by atoms with E-state index in [-0.39, 0.29) is 5.92 Å². The summed E-state index contributed by atoms with van der Waals surface area (Å²) in [5.41, 5.74) is 3.57. The van der Waals surface area contributed by atoms with Crippen molar-refractivity contribution in [3.05, 3.63) is 89.5 Å². The molecule has 0 saturated carbocycles. The molecule has 0 aromatic heterocycles. The maximum absolute atomic E-state index is 6.79. The Hall–Kier alpha value is -2.94. The van der Waals surface area contributed by atoms with Crippen molar-refractivity contribution in [2.24, 2.45) is 5.92 Å². The van der Waals surface area contributed by atoms with E-state index >= 15 is 0 Å². The Morgan fingerprint density at radius 1 is 0.486 bits per heavy atom. The van der Waals surface area contributed by atoms with Crippen molar-refractivity contribution in [1.82, 2.24) is 0 Å². The SMILES string of the molecule is CCCCCCCCC(CCC)C(Oc1ccc(C)cc1)(Oc1ccc(C)cc1)Oc1ccc(C)cc1. The van der Waals surface area contributed by atoms with Gasteiger partial charge in [0.05, 0.1) is 5.92 Å². The molecule has 3 nitrogen and oxygen atoms in total. The number of unbranched alkanes of at least 4 members (excludes halogenated alkanes) is 5. The average Bonchev–Trinajstić information content (AvgIpc) is 2.89. The summed E-state index contributed by atoms with van der Waals surface area (Å²) in [6, 6.07) is 24.5. The Kier molecular flexibility index (Phi) is 11.4. The molecule has 0 aliphatic carbocycles. The van der Waals surface area contributed by atoms with Gasteiger partial charge in [0, 0.05) is 0 Å². The largest absolute Gasteiger partial charge is 0.420 e. The normalized spacial score (nSPS) is 12.2. The topological polar surface area (TPSA) is 27.7 Å². The monoisotopic (exact) mass is 502 g/mol. The standard InChI is InChI=1S/C34H46O3/c1-6-8-9-10-11-12-14-30(13-7-2)34(35-31-21-15-27(3)16-22-31,36-32-23-17-28(4)18-24-32)37-33-25-19-29(5)20-26-33/h15-26,30H,6-14H2,1-5H3. The summed E-state index contributed by atoms with van der Waals surface area (Å²) in [5.74, 6) is 0.989. The second-order valence-electron chi connectivity index (χ2n) is 10.4. The van der Waals surface area contributed by atoms with E-state index in [0.717, 1.165) is 42.9 Å². The lowest BCUT2D eigenvalue weighted by molar-refractivity contribution is -0.288. The summed E-state index contributed by atoms with van der Waals surface area (Å²) in [4.78, 5) is 0. The minimum Gasteiger partial charge on any atom is -0.420 e. The van der Waals surface area contributed by atoms with Crippen LogP contribution in [0.1, 0.15) is 88.3 Å². The van der Waals surface area contributed by atoms with Gasteiger partial charge in [-0.25, -0.2) is 0 Å². The van der Waals surface area contributed by atoms with Crippen LogP contribution >= 0.6 is 0 Å². The third-order valence-electron chi connectivity index (χ3n) is 6.89. The highest BCUT2D eigenvalue weighted by Crippen LogP contribution is 2.37. The van der Waals surface area contributed by atoms with Crippen LogP contribution in [-0.4, -0.2) is 5.97 Å². The molecule has 37 heavy (non-hydrogen) atoms. The van der Waals surface area contributed by atoms with Crippen LogP contribution in [0.5, 0.6) is 17.2 Å². The molecule has 0 aliphatic rings. The summed E-state index contributed by atoms with van der Waals surface area (Å²) in [6.07, 6.45) is 10.4. The van der Waals surface area contributed by atoms with E-state index < -0.39 is 5.97 Å². The van der Waals surface area contributed by atoms with Gasteiger partial charge in [0.2, 0.25) is 0 Å². The Bertz CT molecular complexity index is 906. The van der Waals surface area contributed by atoms with Crippen LogP contribution in [0.15, 0.2) is 72.8 Å². The van der Waals surface area contributed by atoms with Crippen molar-refractivity contribution in [2.75, 3.05) is 0 Å². The molecule has 0 saturated heterocycles. The molecule has 3 rings (SSSR count). The summed E-state index contributed by atoms with van der Waals surface area (Å²) < 4.78 is 20.4. The van der Waals surface area contributed by atoms with Gasteiger partial charge in [-0.15, -0.1) is 0 Å². The predicted octanol–water partition coefficient (Wildman–Crippen LogP) is 9.97. The highest BCUT2D eigenvalue weighted by molar-refractivity contribution is 5.31. The molecule has 3 heteroatoms. The highest BCUT2D eigenvalue weighted by atomic mass is 16.9. The molecule has 0 bridgehead atoms. The fraction of sp³-hybridized carbons (Fsp3) is 0.471. The van der Waals surface area contributed by atoms with Gasteiger partial charge < -0.3 is 14.2 Å². The number of aryl methyl sites for hydroxylation is 3. The van der Waals surface area contributed by atoms with Crippen molar-refractivity contribution in [3.8, 4) is 17.2 Å². The zero-order chi connectivity index (χ0) is 26.5. The smallest absolute Gasteiger partial charge is 0.420 e. The molecule has 1 unspecified atom stereocenters. The first-order valence-electron chi connectivity index (χ1n) is 14.2. The van der Waals surface area contributed by atoms with E-state index in [9.17, 15) is 0 Å². The zero-order valence-electron chi connectivity index (χ0n) is 23.6. The van der Waals surface area contributed by atoms with Crippen molar-refractivity contribution < 1.29 is 14.2 Å². The van der Waals surface area contributed by atoms with E-state index in [1.807, 2.05) is 36.4 Å². The van der Waals surface area contributed by atoms with E-state index in [1.165, 1.54) is 48.8 Å². The molecule has 3 aromatic carbocycles. The minimum absolute atomic E-state index is 0.0487. The zero-order valence-corrected chi connectivity index (χ0v) is 23.6. The molecule has 0 N–H and O–H groups in total. The van der Waals surface area contributed by atoms with E-state index in [1.54, 1.807) is 0 Å². The van der Waals surface area contributed by atoms with Gasteiger partial charge in [0.15, 0.2) is 0 Å². The molecule has 1 atom stereocenters. The van der Waals surface area contributed by atoms with Gasteiger partial charge in [-0.1, -0.05) is 112 Å². The molecule has 0 spiro atoms. The summed E-state index contributed by atoms with van der Waals surface area (Å²) in [5, 5.41) is 0. The van der Waals surface area contributed by atoms with Crippen molar-refractivity contribution >= 4 is 0 Å². The molecule has 0 amide bonds. The fourth-order valence-corrected chi connectivity index (χ4v) is 4.64. The van der Waals surface area contributed by atoms with Crippen LogP contribution in [0.3, 0.4) is 0 Å². The summed E-state index contributed by atoms with van der Waals surface area (Å²) >= 11 is 0. The van der Waals surface area contributed by atoms with Gasteiger partial charge in [-0.05, 0) is 70.0 Å². The van der Waals surface area contributed by atoms with Crippen LogP contribution in [0.25, 0.3) is 0 Å². The van der Waals surface area contributed by atoms with Crippen LogP contribution in [-0.2, 0) is 0 Å². The maximum Gasteiger partial charge on any atom is 0.420 e. The Morgan fingerprint density at radius 3 is 1.24 bits per heavy atom. The van der Waals surface area contributed by atoms with Crippen LogP contribution in [0.4, 0.5) is 0 Å². The van der Waals surface area contributed by atoms with Crippen LogP contribution < -0.4 is 14.2 Å². The molecule has 200 valence electrons. The van der Waals surface area contributed by atoms with Crippen molar-refractivity contribution in [2.45, 2.75) is 98.4 Å². The molecule has 0 radical (unpaired) electrons. The first-order valence-corrected chi connectivity index (χ1v) is 14.2. The second kappa shape index (κ2) is 14.7. The van der Waals surface area contributed by atoms with Gasteiger partial charge in [-0.2, -0.15) is 0 Å². The van der Waals surface area contributed by atoms with Gasteiger partial charge in [0.1, 0.15) is 17.2 Å². The quantitative estimate of drug-likeness (QED) is 0.144. The lowest BCUT2D eigenvalue weighted by atomic mass is 9.93. The molecular weight excluding hydrogens is 456 g/mol. The number of benzene rings is 3. The van der Waals surface area contributed by atoms with Crippen molar-refractivity contribution in [3.63, 3.8) is 0 Å². The fourth-order valence-electron chi connectivity index (χ4n) is 4.64. The Labute approximate surface area is 225 Å². The number of hydrogen-bond acceptors (Lipinski definition) is 3. The molecular formula is C34H46O3. The lowest BCUT2D eigenvalue weighted by Crippen LogP contribution is -2.54. The molecule has 0 fully saturated rings. The predicted molar refractivity (Wildman–Crippen MR) is 155 cm³/mol. The average molecular weight is 503 g/mol.